The summed E-state index contributed by atoms with van der Waals surface area (Å²) in [6.45, 7) is 7.20. The van der Waals surface area contributed by atoms with Crippen molar-refractivity contribution in [3.63, 3.8) is 0 Å². The summed E-state index contributed by atoms with van der Waals surface area (Å²) >= 11 is 0. The minimum absolute atomic E-state index is 0.344. The third-order valence-corrected chi connectivity index (χ3v) is 3.87. The molecule has 1 unspecified atom stereocenters. The average Bonchev–Trinajstić information content (AvgIpc) is 2.27. The SMILES string of the molecule is CCCCO.CNC1CCCCCCC1(C)C. The summed E-state index contributed by atoms with van der Waals surface area (Å²) in [7, 11) is 2.11. The number of aliphatic hydroxyl groups excluding tert-OH is 1. The minimum atomic E-state index is 0.344. The number of nitrogens with one attached hydrogen (secondary N) is 1. The predicted molar refractivity (Wildman–Crippen MR) is 76.3 cm³/mol. The van der Waals surface area contributed by atoms with Crippen LogP contribution in [-0.2, 0) is 0 Å². The van der Waals surface area contributed by atoms with Crippen molar-refractivity contribution in [2.75, 3.05) is 13.7 Å². The van der Waals surface area contributed by atoms with Gasteiger partial charge in [-0.05, 0) is 31.7 Å². The molecule has 0 spiro atoms. The van der Waals surface area contributed by atoms with Crippen LogP contribution in [-0.4, -0.2) is 24.8 Å². The Hall–Kier alpha value is -0.0800. The van der Waals surface area contributed by atoms with Gasteiger partial charge < -0.3 is 10.4 Å². The molecule has 1 rings (SSSR count). The molecule has 2 heteroatoms. The molecule has 0 amide bonds. The van der Waals surface area contributed by atoms with Crippen LogP contribution in [0.5, 0.6) is 0 Å². The van der Waals surface area contributed by atoms with Gasteiger partial charge in [-0.3, -0.25) is 0 Å². The molecule has 0 aliphatic heterocycles. The molecule has 104 valence electrons. The van der Waals surface area contributed by atoms with Gasteiger partial charge in [0.25, 0.3) is 0 Å². The molecule has 1 aliphatic carbocycles. The van der Waals surface area contributed by atoms with Crippen LogP contribution in [0.25, 0.3) is 0 Å². The lowest BCUT2D eigenvalue weighted by Crippen LogP contribution is -2.40. The molecule has 2 nitrogen and oxygen atoms in total. The van der Waals surface area contributed by atoms with Gasteiger partial charge in [-0.1, -0.05) is 52.9 Å². The molecule has 0 aromatic rings. The Balaban J connectivity index is 0.000000437. The van der Waals surface area contributed by atoms with Crippen molar-refractivity contribution in [2.45, 2.75) is 78.2 Å². The van der Waals surface area contributed by atoms with Crippen LogP contribution in [0.1, 0.15) is 72.1 Å². The summed E-state index contributed by atoms with van der Waals surface area (Å²) < 4.78 is 0. The smallest absolute Gasteiger partial charge is 0.0430 e. The van der Waals surface area contributed by atoms with Gasteiger partial charge in [0.15, 0.2) is 0 Å². The van der Waals surface area contributed by atoms with E-state index in [0.29, 0.717) is 12.0 Å². The fourth-order valence-electron chi connectivity index (χ4n) is 2.54. The highest BCUT2D eigenvalue weighted by atomic mass is 16.2. The first-order chi connectivity index (χ1) is 8.08. The van der Waals surface area contributed by atoms with Gasteiger partial charge in [-0.2, -0.15) is 0 Å². The highest BCUT2D eigenvalue weighted by molar-refractivity contribution is 4.84. The zero-order valence-corrected chi connectivity index (χ0v) is 12.4. The van der Waals surface area contributed by atoms with Crippen LogP contribution in [0, 0.1) is 5.41 Å². The molecule has 0 aromatic carbocycles. The van der Waals surface area contributed by atoms with E-state index < -0.39 is 0 Å². The van der Waals surface area contributed by atoms with Crippen LogP contribution in [0.15, 0.2) is 0 Å². The van der Waals surface area contributed by atoms with E-state index in [2.05, 4.69) is 33.1 Å². The molecule has 1 saturated carbocycles. The van der Waals surface area contributed by atoms with E-state index in [1.807, 2.05) is 0 Å². The second-order valence-electron chi connectivity index (χ2n) is 5.86. The molecular formula is C15H33NO. The highest BCUT2D eigenvalue weighted by Gasteiger charge is 2.28. The van der Waals surface area contributed by atoms with E-state index >= 15 is 0 Å². The molecule has 0 aromatic heterocycles. The van der Waals surface area contributed by atoms with Crippen LogP contribution >= 0.6 is 0 Å². The van der Waals surface area contributed by atoms with Crippen molar-refractivity contribution in [3.8, 4) is 0 Å². The normalized spacial score (nSPS) is 24.2. The number of aliphatic hydroxyl groups is 1. The zero-order valence-electron chi connectivity index (χ0n) is 12.4. The van der Waals surface area contributed by atoms with Gasteiger partial charge in [0.1, 0.15) is 0 Å². The number of rotatable bonds is 3. The first-order valence-corrected chi connectivity index (χ1v) is 7.36. The fraction of sp³-hybridized carbons (Fsp3) is 1.00. The Morgan fingerprint density at radius 1 is 1.18 bits per heavy atom. The molecule has 17 heavy (non-hydrogen) atoms. The highest BCUT2D eigenvalue weighted by Crippen LogP contribution is 2.32. The molecule has 0 bridgehead atoms. The Kier molecular flexibility index (Phi) is 9.85. The maximum atomic E-state index is 8.07. The Labute approximate surface area is 108 Å². The molecule has 2 N–H and O–H groups in total. The van der Waals surface area contributed by atoms with Gasteiger partial charge >= 0.3 is 0 Å². The summed E-state index contributed by atoms with van der Waals surface area (Å²) in [5, 5.41) is 11.5. The topological polar surface area (TPSA) is 32.3 Å². The van der Waals surface area contributed by atoms with Crippen LogP contribution in [0.3, 0.4) is 0 Å². The Morgan fingerprint density at radius 3 is 2.29 bits per heavy atom. The quantitative estimate of drug-likeness (QED) is 0.791. The van der Waals surface area contributed by atoms with Crippen LogP contribution in [0.2, 0.25) is 0 Å². The number of hydrogen-bond acceptors (Lipinski definition) is 2. The van der Waals surface area contributed by atoms with E-state index in [0.717, 1.165) is 18.9 Å². The average molecular weight is 243 g/mol. The second-order valence-corrected chi connectivity index (χ2v) is 5.86. The first kappa shape index (κ1) is 16.9. The Bertz CT molecular complexity index is 166. The molecule has 0 saturated heterocycles. The maximum absolute atomic E-state index is 8.07. The molecule has 0 heterocycles. The van der Waals surface area contributed by atoms with Crippen LogP contribution < -0.4 is 5.32 Å². The van der Waals surface area contributed by atoms with Crippen molar-refractivity contribution in [2.24, 2.45) is 5.41 Å². The van der Waals surface area contributed by atoms with Gasteiger partial charge in [0.2, 0.25) is 0 Å². The van der Waals surface area contributed by atoms with Crippen molar-refractivity contribution < 1.29 is 5.11 Å². The van der Waals surface area contributed by atoms with Gasteiger partial charge in [0, 0.05) is 12.6 Å². The zero-order chi connectivity index (χ0) is 13.1. The monoisotopic (exact) mass is 243 g/mol. The summed E-state index contributed by atoms with van der Waals surface area (Å²) in [5.74, 6) is 0. The lowest BCUT2D eigenvalue weighted by atomic mass is 9.76. The van der Waals surface area contributed by atoms with Crippen molar-refractivity contribution in [3.05, 3.63) is 0 Å². The summed E-state index contributed by atoms with van der Waals surface area (Å²) in [6, 6.07) is 0.734. The summed E-state index contributed by atoms with van der Waals surface area (Å²) in [4.78, 5) is 0. The lowest BCUT2D eigenvalue weighted by Gasteiger charge is -2.36. The molecule has 1 aliphatic rings. The van der Waals surface area contributed by atoms with E-state index in [1.165, 1.54) is 38.5 Å². The lowest BCUT2D eigenvalue weighted by molar-refractivity contribution is 0.197. The first-order valence-electron chi connectivity index (χ1n) is 7.36. The second kappa shape index (κ2) is 9.90. The van der Waals surface area contributed by atoms with Gasteiger partial charge in [0.05, 0.1) is 0 Å². The van der Waals surface area contributed by atoms with Crippen molar-refractivity contribution in [1.82, 2.24) is 5.32 Å². The third-order valence-electron chi connectivity index (χ3n) is 3.87. The van der Waals surface area contributed by atoms with Crippen LogP contribution in [0.4, 0.5) is 0 Å². The Morgan fingerprint density at radius 2 is 1.82 bits per heavy atom. The molecule has 0 radical (unpaired) electrons. The maximum Gasteiger partial charge on any atom is 0.0430 e. The molecule has 1 fully saturated rings. The minimum Gasteiger partial charge on any atom is -0.396 e. The third kappa shape index (κ3) is 7.77. The van der Waals surface area contributed by atoms with Gasteiger partial charge in [-0.15, -0.1) is 0 Å². The van der Waals surface area contributed by atoms with E-state index in [-0.39, 0.29) is 0 Å². The fourth-order valence-corrected chi connectivity index (χ4v) is 2.54. The number of unbranched alkanes of at least 4 members (excludes halogenated alkanes) is 1. The summed E-state index contributed by atoms with van der Waals surface area (Å²) in [5.41, 5.74) is 0.509. The van der Waals surface area contributed by atoms with E-state index in [9.17, 15) is 0 Å². The van der Waals surface area contributed by atoms with Gasteiger partial charge in [-0.25, -0.2) is 0 Å². The van der Waals surface area contributed by atoms with E-state index in [4.69, 9.17) is 5.11 Å². The largest absolute Gasteiger partial charge is 0.396 e. The predicted octanol–water partition coefficient (Wildman–Crippen LogP) is 3.73. The van der Waals surface area contributed by atoms with Crippen molar-refractivity contribution in [1.29, 1.82) is 0 Å². The number of hydrogen-bond donors (Lipinski definition) is 2. The van der Waals surface area contributed by atoms with E-state index in [1.54, 1.807) is 0 Å². The molecule has 1 atom stereocenters. The molecular weight excluding hydrogens is 210 g/mol. The van der Waals surface area contributed by atoms with Crippen molar-refractivity contribution >= 4 is 0 Å². The standard InChI is InChI=1S/C11H23N.C4H10O/c1-11(2)9-7-5-4-6-8-10(11)12-3;1-2-3-4-5/h10,12H,4-9H2,1-3H3;5H,2-4H2,1H3. The summed E-state index contributed by atoms with van der Waals surface area (Å²) in [6.07, 6.45) is 10.5.